The molecule has 0 radical (unpaired) electrons. The molecule has 1 fully saturated rings. The fraction of sp³-hybridized carbons (Fsp3) is 0.909. The molecule has 2 N–H and O–H groups in total. The number of rotatable bonds is 6. The second-order valence-electron chi connectivity index (χ2n) is 4.47. The average molecular weight is 198 g/mol. The standard InChI is InChI=1S/C11H22N2O/c1-4-9(3)12-7-11(14)13-6-10-5-8(10)2/h8-10,12H,4-7H2,1-3H3,(H,13,14). The minimum absolute atomic E-state index is 0.129. The van der Waals surface area contributed by atoms with Crippen LogP contribution < -0.4 is 10.6 Å². The summed E-state index contributed by atoms with van der Waals surface area (Å²) in [6.45, 7) is 7.75. The average Bonchev–Trinajstić information content (AvgIpc) is 2.87. The fourth-order valence-corrected chi connectivity index (χ4v) is 1.40. The summed E-state index contributed by atoms with van der Waals surface area (Å²) in [5.41, 5.74) is 0. The van der Waals surface area contributed by atoms with Crippen molar-refractivity contribution in [3.05, 3.63) is 0 Å². The topological polar surface area (TPSA) is 41.1 Å². The highest BCUT2D eigenvalue weighted by atomic mass is 16.1. The second kappa shape index (κ2) is 5.35. The van der Waals surface area contributed by atoms with Crippen LogP contribution in [0.4, 0.5) is 0 Å². The van der Waals surface area contributed by atoms with Crippen molar-refractivity contribution >= 4 is 5.91 Å². The van der Waals surface area contributed by atoms with Crippen LogP contribution >= 0.6 is 0 Å². The molecule has 0 spiro atoms. The molecular formula is C11H22N2O. The first-order valence-electron chi connectivity index (χ1n) is 5.63. The molecule has 1 aliphatic carbocycles. The molecule has 0 aliphatic heterocycles. The van der Waals surface area contributed by atoms with Gasteiger partial charge < -0.3 is 10.6 Å². The predicted octanol–water partition coefficient (Wildman–Crippen LogP) is 1.15. The van der Waals surface area contributed by atoms with E-state index in [4.69, 9.17) is 0 Å². The normalized spacial score (nSPS) is 27.1. The lowest BCUT2D eigenvalue weighted by molar-refractivity contribution is -0.120. The predicted molar refractivity (Wildman–Crippen MR) is 58.0 cm³/mol. The number of hydrogen-bond acceptors (Lipinski definition) is 2. The zero-order chi connectivity index (χ0) is 10.6. The number of hydrogen-bond donors (Lipinski definition) is 2. The third-order valence-corrected chi connectivity index (χ3v) is 3.06. The molecular weight excluding hydrogens is 176 g/mol. The van der Waals surface area contributed by atoms with E-state index in [0.29, 0.717) is 12.6 Å². The highest BCUT2D eigenvalue weighted by Crippen LogP contribution is 2.36. The Balaban J connectivity index is 1.98. The second-order valence-corrected chi connectivity index (χ2v) is 4.47. The van der Waals surface area contributed by atoms with Crippen molar-refractivity contribution in [1.82, 2.24) is 10.6 Å². The number of amides is 1. The van der Waals surface area contributed by atoms with Gasteiger partial charge in [0.2, 0.25) is 5.91 Å². The third kappa shape index (κ3) is 4.09. The summed E-state index contributed by atoms with van der Waals surface area (Å²) < 4.78 is 0. The van der Waals surface area contributed by atoms with Gasteiger partial charge in [-0.15, -0.1) is 0 Å². The molecule has 0 aromatic carbocycles. The van der Waals surface area contributed by atoms with Gasteiger partial charge in [-0.05, 0) is 31.6 Å². The lowest BCUT2D eigenvalue weighted by Gasteiger charge is -2.10. The summed E-state index contributed by atoms with van der Waals surface area (Å²) >= 11 is 0. The Bertz CT molecular complexity index is 184. The quantitative estimate of drug-likeness (QED) is 0.672. The molecule has 0 saturated heterocycles. The molecule has 0 aromatic rings. The van der Waals surface area contributed by atoms with Gasteiger partial charge in [-0.25, -0.2) is 0 Å². The minimum Gasteiger partial charge on any atom is -0.355 e. The largest absolute Gasteiger partial charge is 0.355 e. The minimum atomic E-state index is 0.129. The van der Waals surface area contributed by atoms with E-state index in [9.17, 15) is 4.79 Å². The van der Waals surface area contributed by atoms with Gasteiger partial charge in [0.05, 0.1) is 6.54 Å². The van der Waals surface area contributed by atoms with Gasteiger partial charge in [0, 0.05) is 12.6 Å². The maximum Gasteiger partial charge on any atom is 0.233 e. The summed E-state index contributed by atoms with van der Waals surface area (Å²) in [4.78, 5) is 11.3. The zero-order valence-corrected chi connectivity index (χ0v) is 9.47. The van der Waals surface area contributed by atoms with Gasteiger partial charge >= 0.3 is 0 Å². The third-order valence-electron chi connectivity index (χ3n) is 3.06. The van der Waals surface area contributed by atoms with E-state index in [-0.39, 0.29) is 5.91 Å². The van der Waals surface area contributed by atoms with Crippen molar-refractivity contribution in [2.24, 2.45) is 11.8 Å². The molecule has 0 bridgehead atoms. The summed E-state index contributed by atoms with van der Waals surface area (Å²) in [5.74, 6) is 1.68. The summed E-state index contributed by atoms with van der Waals surface area (Å²) in [5, 5.41) is 6.13. The molecule has 3 unspecified atom stereocenters. The monoisotopic (exact) mass is 198 g/mol. The summed E-state index contributed by atoms with van der Waals surface area (Å²) in [6.07, 6.45) is 2.34. The Hall–Kier alpha value is -0.570. The van der Waals surface area contributed by atoms with Gasteiger partial charge in [0.1, 0.15) is 0 Å². The van der Waals surface area contributed by atoms with Crippen LogP contribution in [0.25, 0.3) is 0 Å². The van der Waals surface area contributed by atoms with Gasteiger partial charge in [0.25, 0.3) is 0 Å². The van der Waals surface area contributed by atoms with E-state index >= 15 is 0 Å². The Morgan fingerprint density at radius 2 is 2.21 bits per heavy atom. The van der Waals surface area contributed by atoms with E-state index in [1.165, 1.54) is 6.42 Å². The van der Waals surface area contributed by atoms with Crippen molar-refractivity contribution < 1.29 is 4.79 Å². The Morgan fingerprint density at radius 1 is 1.57 bits per heavy atom. The first-order valence-corrected chi connectivity index (χ1v) is 5.63. The fourth-order valence-electron chi connectivity index (χ4n) is 1.40. The highest BCUT2D eigenvalue weighted by molar-refractivity contribution is 5.78. The van der Waals surface area contributed by atoms with Crippen LogP contribution in [-0.4, -0.2) is 25.0 Å². The number of nitrogens with one attached hydrogen (secondary N) is 2. The van der Waals surface area contributed by atoms with E-state index in [2.05, 4.69) is 31.4 Å². The highest BCUT2D eigenvalue weighted by Gasteiger charge is 2.32. The van der Waals surface area contributed by atoms with Crippen LogP contribution in [-0.2, 0) is 4.79 Å². The molecule has 82 valence electrons. The van der Waals surface area contributed by atoms with E-state index in [0.717, 1.165) is 24.8 Å². The van der Waals surface area contributed by atoms with E-state index < -0.39 is 0 Å². The maximum absolute atomic E-state index is 11.3. The smallest absolute Gasteiger partial charge is 0.233 e. The van der Waals surface area contributed by atoms with Crippen LogP contribution in [0.5, 0.6) is 0 Å². The van der Waals surface area contributed by atoms with Gasteiger partial charge in [0.15, 0.2) is 0 Å². The lowest BCUT2D eigenvalue weighted by atomic mass is 10.2. The lowest BCUT2D eigenvalue weighted by Crippen LogP contribution is -2.38. The first-order chi connectivity index (χ1) is 6.63. The molecule has 3 atom stereocenters. The Kier molecular flexibility index (Phi) is 4.39. The Labute approximate surface area is 86.6 Å². The molecule has 14 heavy (non-hydrogen) atoms. The zero-order valence-electron chi connectivity index (χ0n) is 9.47. The molecule has 0 heterocycles. The van der Waals surface area contributed by atoms with Crippen molar-refractivity contribution in [3.8, 4) is 0 Å². The Morgan fingerprint density at radius 3 is 2.71 bits per heavy atom. The van der Waals surface area contributed by atoms with Crippen LogP contribution in [0.15, 0.2) is 0 Å². The van der Waals surface area contributed by atoms with Gasteiger partial charge in [-0.2, -0.15) is 0 Å². The molecule has 3 heteroatoms. The van der Waals surface area contributed by atoms with E-state index in [1.54, 1.807) is 0 Å². The first kappa shape index (κ1) is 11.5. The van der Waals surface area contributed by atoms with E-state index in [1.807, 2.05) is 0 Å². The van der Waals surface area contributed by atoms with Gasteiger partial charge in [-0.1, -0.05) is 13.8 Å². The van der Waals surface area contributed by atoms with Crippen molar-refractivity contribution in [1.29, 1.82) is 0 Å². The van der Waals surface area contributed by atoms with Gasteiger partial charge in [-0.3, -0.25) is 4.79 Å². The SMILES string of the molecule is CCC(C)NCC(=O)NCC1CC1C. The molecule has 1 saturated carbocycles. The summed E-state index contributed by atoms with van der Waals surface area (Å²) in [7, 11) is 0. The van der Waals surface area contributed by atoms with Crippen LogP contribution in [0, 0.1) is 11.8 Å². The molecule has 3 nitrogen and oxygen atoms in total. The molecule has 1 aliphatic rings. The van der Waals surface area contributed by atoms with Crippen molar-refractivity contribution in [3.63, 3.8) is 0 Å². The number of carbonyl (C=O) groups excluding carboxylic acids is 1. The molecule has 1 rings (SSSR count). The summed E-state index contributed by atoms with van der Waals surface area (Å²) in [6, 6.07) is 0.431. The van der Waals surface area contributed by atoms with Crippen LogP contribution in [0.2, 0.25) is 0 Å². The molecule has 1 amide bonds. The van der Waals surface area contributed by atoms with Crippen LogP contribution in [0.1, 0.15) is 33.6 Å². The maximum atomic E-state index is 11.3. The molecule has 0 aromatic heterocycles. The van der Waals surface area contributed by atoms with Crippen LogP contribution in [0.3, 0.4) is 0 Å². The van der Waals surface area contributed by atoms with Crippen molar-refractivity contribution in [2.45, 2.75) is 39.7 Å². The van der Waals surface area contributed by atoms with Crippen molar-refractivity contribution in [2.75, 3.05) is 13.1 Å². The number of carbonyl (C=O) groups is 1.